The topological polar surface area (TPSA) is 52.3 Å². The van der Waals surface area contributed by atoms with Gasteiger partial charge < -0.3 is 10.5 Å². The lowest BCUT2D eigenvalue weighted by molar-refractivity contribution is 0.112. The molecule has 4 heteroatoms. The lowest BCUT2D eigenvalue weighted by Crippen LogP contribution is -1.96. The van der Waals surface area contributed by atoms with E-state index in [9.17, 15) is 9.18 Å². The summed E-state index contributed by atoms with van der Waals surface area (Å²) in [5.41, 5.74) is 5.74. The molecule has 0 spiro atoms. The second-order valence-electron chi connectivity index (χ2n) is 2.23. The van der Waals surface area contributed by atoms with E-state index in [0.717, 1.165) is 6.07 Å². The van der Waals surface area contributed by atoms with Gasteiger partial charge in [0.25, 0.3) is 0 Å². The molecule has 0 saturated carbocycles. The van der Waals surface area contributed by atoms with Gasteiger partial charge in [-0.15, -0.1) is 0 Å². The quantitative estimate of drug-likeness (QED) is 0.535. The highest BCUT2D eigenvalue weighted by atomic mass is 19.1. The third-order valence-corrected chi connectivity index (χ3v) is 1.48. The monoisotopic (exact) mass is 169 g/mol. The van der Waals surface area contributed by atoms with Gasteiger partial charge in [-0.05, 0) is 6.07 Å². The highest BCUT2D eigenvalue weighted by molar-refractivity contribution is 5.83. The third kappa shape index (κ3) is 1.37. The van der Waals surface area contributed by atoms with Gasteiger partial charge in [0.1, 0.15) is 0 Å². The second kappa shape index (κ2) is 3.21. The summed E-state index contributed by atoms with van der Waals surface area (Å²) in [6.07, 6.45) is 0.498. The first-order chi connectivity index (χ1) is 5.69. The minimum absolute atomic E-state index is 0.0399. The van der Waals surface area contributed by atoms with Crippen LogP contribution in [0.1, 0.15) is 10.4 Å². The Labute approximate surface area is 68.9 Å². The van der Waals surface area contributed by atoms with E-state index in [4.69, 9.17) is 5.73 Å². The number of rotatable bonds is 2. The Morgan fingerprint density at radius 1 is 1.58 bits per heavy atom. The van der Waals surface area contributed by atoms with Crippen molar-refractivity contribution in [3.8, 4) is 5.75 Å². The van der Waals surface area contributed by atoms with Gasteiger partial charge in [-0.3, -0.25) is 4.79 Å². The van der Waals surface area contributed by atoms with Crippen molar-refractivity contribution >= 4 is 12.0 Å². The van der Waals surface area contributed by atoms with Crippen LogP contribution in [0.3, 0.4) is 0 Å². The standard InChI is InChI=1S/C8H8FNO2/c1-12-8-3-7(10)5(4-11)2-6(8)9/h2-4H,10H2,1H3. The summed E-state index contributed by atoms with van der Waals surface area (Å²) in [7, 11) is 1.33. The molecule has 12 heavy (non-hydrogen) atoms. The summed E-state index contributed by atoms with van der Waals surface area (Å²) < 4.78 is 17.5. The molecule has 3 nitrogen and oxygen atoms in total. The van der Waals surface area contributed by atoms with Crippen molar-refractivity contribution in [3.63, 3.8) is 0 Å². The molecule has 0 fully saturated rings. The van der Waals surface area contributed by atoms with Gasteiger partial charge >= 0.3 is 0 Å². The first kappa shape index (κ1) is 8.52. The summed E-state index contributed by atoms with van der Waals surface area (Å²) in [5, 5.41) is 0. The van der Waals surface area contributed by atoms with Crippen molar-refractivity contribution in [3.05, 3.63) is 23.5 Å². The molecule has 0 aromatic heterocycles. The van der Waals surface area contributed by atoms with E-state index in [1.807, 2.05) is 0 Å². The van der Waals surface area contributed by atoms with Gasteiger partial charge in [0.15, 0.2) is 17.9 Å². The number of aldehydes is 1. The van der Waals surface area contributed by atoms with Crippen LogP contribution in [0.2, 0.25) is 0 Å². The second-order valence-corrected chi connectivity index (χ2v) is 2.23. The summed E-state index contributed by atoms with van der Waals surface area (Å²) in [4.78, 5) is 10.3. The predicted octanol–water partition coefficient (Wildman–Crippen LogP) is 1.23. The number of benzene rings is 1. The van der Waals surface area contributed by atoms with E-state index < -0.39 is 5.82 Å². The number of nitrogens with two attached hydrogens (primary N) is 1. The zero-order valence-electron chi connectivity index (χ0n) is 6.50. The van der Waals surface area contributed by atoms with Gasteiger partial charge in [-0.1, -0.05) is 0 Å². The number of hydrogen-bond donors (Lipinski definition) is 1. The molecule has 0 aliphatic rings. The first-order valence-electron chi connectivity index (χ1n) is 3.27. The average molecular weight is 169 g/mol. The number of carbonyl (C=O) groups excluding carboxylic acids is 1. The van der Waals surface area contributed by atoms with E-state index in [-0.39, 0.29) is 17.0 Å². The van der Waals surface area contributed by atoms with Crippen molar-refractivity contribution in [1.82, 2.24) is 0 Å². The maximum Gasteiger partial charge on any atom is 0.165 e. The summed E-state index contributed by atoms with van der Waals surface area (Å²) in [6.45, 7) is 0. The number of carbonyl (C=O) groups is 1. The lowest BCUT2D eigenvalue weighted by Gasteiger charge is -2.04. The molecule has 0 aliphatic carbocycles. The Balaban J connectivity index is 3.25. The van der Waals surface area contributed by atoms with E-state index in [1.165, 1.54) is 13.2 Å². The Kier molecular flexibility index (Phi) is 2.28. The van der Waals surface area contributed by atoms with E-state index in [0.29, 0.717) is 6.29 Å². The van der Waals surface area contributed by atoms with E-state index >= 15 is 0 Å². The van der Waals surface area contributed by atoms with Gasteiger partial charge in [0, 0.05) is 17.3 Å². The van der Waals surface area contributed by atoms with Crippen LogP contribution in [0.15, 0.2) is 12.1 Å². The molecular formula is C8H8FNO2. The smallest absolute Gasteiger partial charge is 0.165 e. The summed E-state index contributed by atoms with van der Waals surface area (Å²) in [6, 6.07) is 2.32. The van der Waals surface area contributed by atoms with Crippen molar-refractivity contribution in [2.45, 2.75) is 0 Å². The fraction of sp³-hybridized carbons (Fsp3) is 0.125. The number of methoxy groups -OCH3 is 1. The van der Waals surface area contributed by atoms with Crippen LogP contribution in [0.5, 0.6) is 5.75 Å². The fourth-order valence-corrected chi connectivity index (χ4v) is 0.843. The predicted molar refractivity (Wildman–Crippen MR) is 42.8 cm³/mol. The van der Waals surface area contributed by atoms with E-state index in [2.05, 4.69) is 4.74 Å². The van der Waals surface area contributed by atoms with Crippen LogP contribution in [0, 0.1) is 5.82 Å². The lowest BCUT2D eigenvalue weighted by atomic mass is 10.2. The third-order valence-electron chi connectivity index (χ3n) is 1.48. The minimum atomic E-state index is -0.589. The molecule has 0 heterocycles. The molecule has 1 aromatic rings. The number of anilines is 1. The fourth-order valence-electron chi connectivity index (χ4n) is 0.843. The molecule has 0 atom stereocenters. The molecule has 0 bridgehead atoms. The zero-order valence-corrected chi connectivity index (χ0v) is 6.50. The highest BCUT2D eigenvalue weighted by Gasteiger charge is 2.06. The number of ether oxygens (including phenoxy) is 1. The van der Waals surface area contributed by atoms with E-state index in [1.54, 1.807) is 0 Å². The molecule has 2 N–H and O–H groups in total. The normalized spacial score (nSPS) is 9.50. The number of hydrogen-bond acceptors (Lipinski definition) is 3. The molecule has 0 radical (unpaired) electrons. The van der Waals surface area contributed by atoms with Crippen LogP contribution in [-0.2, 0) is 0 Å². The summed E-state index contributed by atoms with van der Waals surface area (Å²) in [5.74, 6) is -0.549. The Hall–Kier alpha value is -1.58. The SMILES string of the molecule is COc1cc(N)c(C=O)cc1F. The molecular weight excluding hydrogens is 161 g/mol. The number of halogens is 1. The molecule has 0 unspecified atom stereocenters. The summed E-state index contributed by atoms with van der Waals surface area (Å²) >= 11 is 0. The molecule has 0 aliphatic heterocycles. The molecule has 0 amide bonds. The van der Waals surface area contributed by atoms with Gasteiger partial charge in [0.05, 0.1) is 7.11 Å². The Morgan fingerprint density at radius 3 is 2.75 bits per heavy atom. The van der Waals surface area contributed by atoms with Crippen molar-refractivity contribution in [2.24, 2.45) is 0 Å². The van der Waals surface area contributed by atoms with Crippen LogP contribution in [-0.4, -0.2) is 13.4 Å². The number of nitrogen functional groups attached to an aromatic ring is 1. The highest BCUT2D eigenvalue weighted by Crippen LogP contribution is 2.22. The van der Waals surface area contributed by atoms with Crippen LogP contribution >= 0.6 is 0 Å². The maximum atomic E-state index is 12.9. The zero-order chi connectivity index (χ0) is 9.14. The van der Waals surface area contributed by atoms with Crippen LogP contribution < -0.4 is 10.5 Å². The Morgan fingerprint density at radius 2 is 2.25 bits per heavy atom. The molecule has 0 saturated heterocycles. The minimum Gasteiger partial charge on any atom is -0.494 e. The van der Waals surface area contributed by atoms with Crippen molar-refractivity contribution in [1.29, 1.82) is 0 Å². The molecule has 1 rings (SSSR count). The average Bonchev–Trinajstić information content (AvgIpc) is 2.08. The molecule has 1 aromatic carbocycles. The molecule has 64 valence electrons. The van der Waals surface area contributed by atoms with Crippen molar-refractivity contribution < 1.29 is 13.9 Å². The van der Waals surface area contributed by atoms with Gasteiger partial charge in [-0.2, -0.15) is 0 Å². The Bertz CT molecular complexity index is 312. The van der Waals surface area contributed by atoms with Crippen molar-refractivity contribution in [2.75, 3.05) is 12.8 Å². The van der Waals surface area contributed by atoms with Crippen LogP contribution in [0.25, 0.3) is 0 Å². The van der Waals surface area contributed by atoms with Gasteiger partial charge in [-0.25, -0.2) is 4.39 Å². The first-order valence-corrected chi connectivity index (χ1v) is 3.27. The maximum absolute atomic E-state index is 12.9. The van der Waals surface area contributed by atoms with Crippen LogP contribution in [0.4, 0.5) is 10.1 Å². The van der Waals surface area contributed by atoms with Gasteiger partial charge in [0.2, 0.25) is 0 Å². The largest absolute Gasteiger partial charge is 0.494 e.